The van der Waals surface area contributed by atoms with E-state index in [0.717, 1.165) is 43.9 Å². The van der Waals surface area contributed by atoms with Crippen LogP contribution in [0.25, 0.3) is 0 Å². The minimum absolute atomic E-state index is 0.0146. The Labute approximate surface area is 144 Å². The SMILES string of the molecule is CCCCCCC(N)=NC(=S)Nc1cc(C(F)(F)F)ccc1Cl. The lowest BCUT2D eigenvalue weighted by molar-refractivity contribution is -0.137. The van der Waals surface area contributed by atoms with Gasteiger partial charge in [-0.05, 0) is 36.8 Å². The summed E-state index contributed by atoms with van der Waals surface area (Å²) in [6, 6.07) is 2.96. The van der Waals surface area contributed by atoms with Crippen LogP contribution in [0.1, 0.15) is 44.6 Å². The molecule has 23 heavy (non-hydrogen) atoms. The summed E-state index contributed by atoms with van der Waals surface area (Å²) in [5.41, 5.74) is 4.99. The average molecular weight is 366 g/mol. The van der Waals surface area contributed by atoms with Crippen molar-refractivity contribution in [2.24, 2.45) is 10.7 Å². The van der Waals surface area contributed by atoms with E-state index in [0.29, 0.717) is 12.3 Å². The molecule has 0 aliphatic carbocycles. The van der Waals surface area contributed by atoms with Crippen molar-refractivity contribution in [1.82, 2.24) is 0 Å². The van der Waals surface area contributed by atoms with Gasteiger partial charge in [-0.15, -0.1) is 0 Å². The van der Waals surface area contributed by atoms with Crippen molar-refractivity contribution in [2.45, 2.75) is 45.2 Å². The Morgan fingerprint density at radius 1 is 1.30 bits per heavy atom. The Hall–Kier alpha value is -1.34. The Morgan fingerprint density at radius 2 is 2.00 bits per heavy atom. The molecule has 0 aliphatic heterocycles. The molecule has 1 rings (SSSR count). The number of rotatable bonds is 6. The van der Waals surface area contributed by atoms with Crippen molar-refractivity contribution in [1.29, 1.82) is 0 Å². The largest absolute Gasteiger partial charge is 0.416 e. The smallest absolute Gasteiger partial charge is 0.387 e. The zero-order valence-corrected chi connectivity index (χ0v) is 14.3. The third-order valence-corrected chi connectivity index (χ3v) is 3.59. The van der Waals surface area contributed by atoms with Crippen LogP contribution in [0.5, 0.6) is 0 Å². The van der Waals surface area contributed by atoms with Gasteiger partial charge in [-0.25, -0.2) is 4.99 Å². The minimum atomic E-state index is -4.45. The minimum Gasteiger partial charge on any atom is -0.387 e. The van der Waals surface area contributed by atoms with E-state index in [2.05, 4.69) is 17.2 Å². The Bertz CT molecular complexity index is 574. The number of nitrogens with zero attached hydrogens (tertiary/aromatic N) is 1. The van der Waals surface area contributed by atoms with Crippen LogP contribution in [-0.4, -0.2) is 10.9 Å². The van der Waals surface area contributed by atoms with E-state index < -0.39 is 11.7 Å². The number of nitrogens with two attached hydrogens (primary N) is 1. The highest BCUT2D eigenvalue weighted by molar-refractivity contribution is 7.80. The molecule has 0 heterocycles. The molecule has 128 valence electrons. The normalized spacial score (nSPS) is 12.3. The van der Waals surface area contributed by atoms with E-state index in [4.69, 9.17) is 29.6 Å². The van der Waals surface area contributed by atoms with Crippen LogP contribution < -0.4 is 11.1 Å². The molecule has 3 nitrogen and oxygen atoms in total. The van der Waals surface area contributed by atoms with Crippen LogP contribution in [0.2, 0.25) is 5.02 Å². The maximum absolute atomic E-state index is 12.7. The summed E-state index contributed by atoms with van der Waals surface area (Å²) in [4.78, 5) is 3.98. The molecule has 0 aliphatic rings. The molecule has 1 aromatic rings. The quantitative estimate of drug-likeness (QED) is 0.308. The van der Waals surface area contributed by atoms with Gasteiger partial charge in [-0.2, -0.15) is 13.2 Å². The molecular formula is C15H19ClF3N3S. The number of amidine groups is 1. The second-order valence-electron chi connectivity index (χ2n) is 5.04. The van der Waals surface area contributed by atoms with Gasteiger partial charge in [-0.3, -0.25) is 0 Å². The molecule has 0 atom stereocenters. The summed E-state index contributed by atoms with van der Waals surface area (Å²) in [5, 5.41) is 2.69. The van der Waals surface area contributed by atoms with Gasteiger partial charge in [0, 0.05) is 6.42 Å². The number of aliphatic imine (C=N–C) groups is 1. The summed E-state index contributed by atoms with van der Waals surface area (Å²) in [6.45, 7) is 2.11. The van der Waals surface area contributed by atoms with Crippen LogP contribution in [0.4, 0.5) is 18.9 Å². The van der Waals surface area contributed by atoms with Gasteiger partial charge in [0.25, 0.3) is 0 Å². The summed E-state index contributed by atoms with van der Waals surface area (Å²) in [7, 11) is 0. The fourth-order valence-electron chi connectivity index (χ4n) is 1.86. The van der Waals surface area contributed by atoms with Gasteiger partial charge >= 0.3 is 6.18 Å². The number of unbranched alkanes of at least 4 members (excludes halogenated alkanes) is 3. The fourth-order valence-corrected chi connectivity index (χ4v) is 2.25. The monoisotopic (exact) mass is 365 g/mol. The molecule has 0 radical (unpaired) electrons. The molecule has 0 amide bonds. The van der Waals surface area contributed by atoms with E-state index in [1.807, 2.05) is 0 Å². The topological polar surface area (TPSA) is 50.4 Å². The molecule has 0 bridgehead atoms. The van der Waals surface area contributed by atoms with Crippen molar-refractivity contribution in [2.75, 3.05) is 5.32 Å². The van der Waals surface area contributed by atoms with E-state index in [-0.39, 0.29) is 15.8 Å². The van der Waals surface area contributed by atoms with Gasteiger partial charge in [0.05, 0.1) is 16.3 Å². The maximum atomic E-state index is 12.7. The molecular weight excluding hydrogens is 347 g/mol. The van der Waals surface area contributed by atoms with E-state index in [1.54, 1.807) is 0 Å². The van der Waals surface area contributed by atoms with Gasteiger partial charge in [0.15, 0.2) is 5.11 Å². The van der Waals surface area contributed by atoms with Crippen LogP contribution in [0.15, 0.2) is 23.2 Å². The zero-order chi connectivity index (χ0) is 17.5. The number of thiocarbonyl (C=S) groups is 1. The first-order chi connectivity index (χ1) is 10.7. The van der Waals surface area contributed by atoms with Crippen LogP contribution in [0.3, 0.4) is 0 Å². The molecule has 0 unspecified atom stereocenters. The zero-order valence-electron chi connectivity index (χ0n) is 12.7. The third kappa shape index (κ3) is 7.18. The van der Waals surface area contributed by atoms with Gasteiger partial charge in [0.2, 0.25) is 0 Å². The third-order valence-electron chi connectivity index (χ3n) is 3.07. The van der Waals surface area contributed by atoms with Crippen molar-refractivity contribution < 1.29 is 13.2 Å². The molecule has 8 heteroatoms. The first-order valence-corrected chi connectivity index (χ1v) is 8.03. The Balaban J connectivity index is 2.70. The lowest BCUT2D eigenvalue weighted by atomic mass is 10.1. The number of nitrogens with one attached hydrogen (secondary N) is 1. The maximum Gasteiger partial charge on any atom is 0.416 e. The highest BCUT2D eigenvalue weighted by atomic mass is 35.5. The first-order valence-electron chi connectivity index (χ1n) is 7.24. The summed E-state index contributed by atoms with van der Waals surface area (Å²) in [6.07, 6.45) is 0.325. The Kier molecular flexibility index (Phi) is 7.78. The summed E-state index contributed by atoms with van der Waals surface area (Å²) in [5.74, 6) is 0.349. The predicted octanol–water partition coefficient (Wildman–Crippen LogP) is 5.38. The van der Waals surface area contributed by atoms with Crippen molar-refractivity contribution in [3.8, 4) is 0 Å². The van der Waals surface area contributed by atoms with E-state index >= 15 is 0 Å². The predicted molar refractivity (Wildman–Crippen MR) is 93.1 cm³/mol. The fraction of sp³-hybridized carbons (Fsp3) is 0.467. The molecule has 0 saturated heterocycles. The molecule has 0 spiro atoms. The van der Waals surface area contributed by atoms with Crippen LogP contribution in [0, 0.1) is 0 Å². The second kappa shape index (κ2) is 9.08. The molecule has 0 aromatic heterocycles. The molecule has 3 N–H and O–H groups in total. The number of alkyl halides is 3. The lowest BCUT2D eigenvalue weighted by Crippen LogP contribution is -2.17. The summed E-state index contributed by atoms with van der Waals surface area (Å²) < 4.78 is 38.1. The van der Waals surface area contributed by atoms with Gasteiger partial charge in [-0.1, -0.05) is 37.8 Å². The van der Waals surface area contributed by atoms with E-state index in [9.17, 15) is 13.2 Å². The van der Waals surface area contributed by atoms with Crippen molar-refractivity contribution >= 4 is 40.5 Å². The number of hydrogen-bond donors (Lipinski definition) is 2. The molecule has 0 saturated carbocycles. The first kappa shape index (κ1) is 19.7. The second-order valence-corrected chi connectivity index (χ2v) is 5.83. The molecule has 1 aromatic carbocycles. The standard InChI is InChI=1S/C15H19ClF3N3S/c1-2-3-4-5-6-13(20)22-14(23)21-12-9-10(15(17,18)19)7-8-11(12)16/h7-9H,2-6H2,1H3,(H3,20,21,22,23). The van der Waals surface area contributed by atoms with Gasteiger partial charge in [0.1, 0.15) is 5.84 Å². The summed E-state index contributed by atoms with van der Waals surface area (Å²) >= 11 is 10.9. The van der Waals surface area contributed by atoms with Crippen molar-refractivity contribution in [3.05, 3.63) is 28.8 Å². The van der Waals surface area contributed by atoms with Gasteiger partial charge < -0.3 is 11.1 Å². The van der Waals surface area contributed by atoms with Crippen molar-refractivity contribution in [3.63, 3.8) is 0 Å². The van der Waals surface area contributed by atoms with Crippen LogP contribution in [-0.2, 0) is 6.18 Å². The number of anilines is 1. The Morgan fingerprint density at radius 3 is 2.61 bits per heavy atom. The number of hydrogen-bond acceptors (Lipinski definition) is 1. The average Bonchev–Trinajstić information content (AvgIpc) is 2.44. The highest BCUT2D eigenvalue weighted by Gasteiger charge is 2.31. The van der Waals surface area contributed by atoms with Crippen LogP contribution >= 0.6 is 23.8 Å². The number of halogens is 4. The number of benzene rings is 1. The van der Waals surface area contributed by atoms with E-state index in [1.165, 1.54) is 0 Å². The highest BCUT2D eigenvalue weighted by Crippen LogP contribution is 2.33. The lowest BCUT2D eigenvalue weighted by Gasteiger charge is -2.11. The molecule has 0 fully saturated rings.